The van der Waals surface area contributed by atoms with E-state index in [-0.39, 0.29) is 11.7 Å². The molecule has 0 saturated heterocycles. The Balaban J connectivity index is 1.94. The summed E-state index contributed by atoms with van der Waals surface area (Å²) in [6.07, 6.45) is 4.76. The van der Waals surface area contributed by atoms with Crippen molar-refractivity contribution in [2.45, 2.75) is 52.1 Å². The lowest BCUT2D eigenvalue weighted by Crippen LogP contribution is -2.26. The van der Waals surface area contributed by atoms with Crippen LogP contribution in [0.1, 0.15) is 66.7 Å². The van der Waals surface area contributed by atoms with E-state index in [0.717, 1.165) is 32.1 Å². The second-order valence-corrected chi connectivity index (χ2v) is 6.18. The van der Waals surface area contributed by atoms with Crippen LogP contribution in [0.5, 0.6) is 0 Å². The number of rotatable bonds is 7. The van der Waals surface area contributed by atoms with E-state index in [0.29, 0.717) is 18.1 Å². The quantitative estimate of drug-likeness (QED) is 0.564. The zero-order valence-electron chi connectivity index (χ0n) is 13.3. The van der Waals surface area contributed by atoms with Crippen molar-refractivity contribution in [2.24, 2.45) is 5.92 Å². The van der Waals surface area contributed by atoms with Gasteiger partial charge >= 0.3 is 11.9 Å². The molecule has 120 valence electrons. The summed E-state index contributed by atoms with van der Waals surface area (Å²) in [6.45, 7) is 4.64. The Hall–Kier alpha value is -1.84. The molecule has 0 amide bonds. The van der Waals surface area contributed by atoms with E-state index in [1.807, 2.05) is 0 Å². The molecule has 1 aliphatic carbocycles. The Labute approximate surface area is 131 Å². The van der Waals surface area contributed by atoms with E-state index in [9.17, 15) is 9.59 Å². The highest BCUT2D eigenvalue weighted by atomic mass is 16.5. The van der Waals surface area contributed by atoms with E-state index < -0.39 is 11.9 Å². The Morgan fingerprint density at radius 2 is 1.77 bits per heavy atom. The van der Waals surface area contributed by atoms with Crippen molar-refractivity contribution in [3.8, 4) is 0 Å². The van der Waals surface area contributed by atoms with Gasteiger partial charge in [0.05, 0.1) is 17.7 Å². The number of hydrogen-bond donors (Lipinski definition) is 0. The van der Waals surface area contributed by atoms with Gasteiger partial charge in [-0.1, -0.05) is 26.0 Å². The largest absolute Gasteiger partial charge is 0.462 e. The molecule has 1 aliphatic rings. The van der Waals surface area contributed by atoms with Gasteiger partial charge in [0, 0.05) is 0 Å². The molecule has 1 saturated carbocycles. The number of ether oxygens (including phenoxy) is 2. The van der Waals surface area contributed by atoms with Crippen LogP contribution in [0.4, 0.5) is 0 Å². The van der Waals surface area contributed by atoms with Gasteiger partial charge in [0.25, 0.3) is 0 Å². The third-order valence-corrected chi connectivity index (χ3v) is 3.85. The van der Waals surface area contributed by atoms with E-state index >= 15 is 0 Å². The minimum atomic E-state index is -0.454. The van der Waals surface area contributed by atoms with E-state index in [1.54, 1.807) is 24.3 Å². The normalized spacial score (nSPS) is 14.5. The van der Waals surface area contributed by atoms with Crippen molar-refractivity contribution in [3.05, 3.63) is 35.4 Å². The molecule has 0 spiro atoms. The lowest BCUT2D eigenvalue weighted by atomic mass is 9.96. The SMILES string of the molecule is CC(C)CCCOC(=O)c1ccccc1C(=O)OC1CCC1. The predicted molar refractivity (Wildman–Crippen MR) is 83.9 cm³/mol. The topological polar surface area (TPSA) is 52.6 Å². The molecule has 0 unspecified atom stereocenters. The zero-order chi connectivity index (χ0) is 15.9. The molecule has 22 heavy (non-hydrogen) atoms. The third kappa shape index (κ3) is 4.58. The van der Waals surface area contributed by atoms with Gasteiger partial charge in [-0.2, -0.15) is 0 Å². The van der Waals surface area contributed by atoms with Crippen LogP contribution >= 0.6 is 0 Å². The van der Waals surface area contributed by atoms with Crippen molar-refractivity contribution in [1.82, 2.24) is 0 Å². The molecule has 0 atom stereocenters. The highest BCUT2D eigenvalue weighted by Gasteiger charge is 2.25. The summed E-state index contributed by atoms with van der Waals surface area (Å²) in [5.41, 5.74) is 0.583. The van der Waals surface area contributed by atoms with Gasteiger partial charge in [-0.25, -0.2) is 9.59 Å². The molecule has 4 nitrogen and oxygen atoms in total. The zero-order valence-corrected chi connectivity index (χ0v) is 13.3. The molecule has 0 aromatic heterocycles. The second kappa shape index (κ2) is 7.97. The minimum absolute atomic E-state index is 0.00242. The van der Waals surface area contributed by atoms with Crippen molar-refractivity contribution < 1.29 is 19.1 Å². The fourth-order valence-corrected chi connectivity index (χ4v) is 2.28. The number of hydrogen-bond acceptors (Lipinski definition) is 4. The predicted octanol–water partition coefficient (Wildman–Crippen LogP) is 3.99. The van der Waals surface area contributed by atoms with Gasteiger partial charge in [0.1, 0.15) is 6.10 Å². The molecule has 1 aromatic rings. The maximum absolute atomic E-state index is 12.2. The third-order valence-electron chi connectivity index (χ3n) is 3.85. The second-order valence-electron chi connectivity index (χ2n) is 6.18. The lowest BCUT2D eigenvalue weighted by Gasteiger charge is -2.25. The highest BCUT2D eigenvalue weighted by molar-refractivity contribution is 6.03. The molecule has 0 bridgehead atoms. The van der Waals surface area contributed by atoms with Gasteiger partial charge in [0.2, 0.25) is 0 Å². The Kier molecular flexibility index (Phi) is 5.99. The fourth-order valence-electron chi connectivity index (χ4n) is 2.28. The average Bonchev–Trinajstić information content (AvgIpc) is 2.46. The summed E-state index contributed by atoms with van der Waals surface area (Å²) >= 11 is 0. The molecule has 1 fully saturated rings. The molecule has 0 N–H and O–H groups in total. The molecule has 1 aromatic carbocycles. The van der Waals surface area contributed by atoms with Crippen LogP contribution in [0.15, 0.2) is 24.3 Å². The van der Waals surface area contributed by atoms with Crippen LogP contribution in [-0.2, 0) is 9.47 Å². The van der Waals surface area contributed by atoms with Crippen molar-refractivity contribution >= 4 is 11.9 Å². The van der Waals surface area contributed by atoms with Gasteiger partial charge in [-0.15, -0.1) is 0 Å². The summed E-state index contributed by atoms with van der Waals surface area (Å²) in [4.78, 5) is 24.3. The molecule has 2 rings (SSSR count). The summed E-state index contributed by atoms with van der Waals surface area (Å²) in [5.74, 6) is -0.298. The molecule has 0 aliphatic heterocycles. The molecule has 0 heterocycles. The summed E-state index contributed by atoms with van der Waals surface area (Å²) in [6, 6.07) is 6.69. The van der Waals surface area contributed by atoms with E-state index in [4.69, 9.17) is 9.47 Å². The first-order valence-corrected chi connectivity index (χ1v) is 8.05. The maximum Gasteiger partial charge on any atom is 0.339 e. The van der Waals surface area contributed by atoms with Gasteiger partial charge in [0.15, 0.2) is 0 Å². The maximum atomic E-state index is 12.2. The van der Waals surface area contributed by atoms with E-state index in [2.05, 4.69) is 13.8 Å². The monoisotopic (exact) mass is 304 g/mol. The molecule has 4 heteroatoms. The van der Waals surface area contributed by atoms with Crippen molar-refractivity contribution in [2.75, 3.05) is 6.61 Å². The van der Waals surface area contributed by atoms with Crippen LogP contribution in [0.2, 0.25) is 0 Å². The Bertz CT molecular complexity index is 518. The first-order valence-electron chi connectivity index (χ1n) is 8.05. The van der Waals surface area contributed by atoms with Crippen LogP contribution in [0.3, 0.4) is 0 Å². The van der Waals surface area contributed by atoms with Gasteiger partial charge < -0.3 is 9.47 Å². The van der Waals surface area contributed by atoms with Crippen molar-refractivity contribution in [3.63, 3.8) is 0 Å². The molecular weight excluding hydrogens is 280 g/mol. The Morgan fingerprint density at radius 3 is 2.32 bits per heavy atom. The summed E-state index contributed by atoms with van der Waals surface area (Å²) in [5, 5.41) is 0. The van der Waals surface area contributed by atoms with Crippen molar-refractivity contribution in [1.29, 1.82) is 0 Å². The van der Waals surface area contributed by atoms with Crippen LogP contribution < -0.4 is 0 Å². The standard InChI is InChI=1S/C18H24O4/c1-13(2)7-6-12-21-17(19)15-10-3-4-11-16(15)18(20)22-14-8-5-9-14/h3-4,10-11,13-14H,5-9,12H2,1-2H3. The summed E-state index contributed by atoms with van der Waals surface area (Å²) < 4.78 is 10.6. The van der Waals surface area contributed by atoms with Gasteiger partial charge in [-0.3, -0.25) is 0 Å². The van der Waals surface area contributed by atoms with E-state index in [1.165, 1.54) is 0 Å². The number of carbonyl (C=O) groups is 2. The fraction of sp³-hybridized carbons (Fsp3) is 0.556. The van der Waals surface area contributed by atoms with Crippen LogP contribution in [0, 0.1) is 5.92 Å². The Morgan fingerprint density at radius 1 is 1.14 bits per heavy atom. The number of esters is 2. The van der Waals surface area contributed by atoms with Gasteiger partial charge in [-0.05, 0) is 50.2 Å². The average molecular weight is 304 g/mol. The van der Waals surface area contributed by atoms with Crippen LogP contribution in [-0.4, -0.2) is 24.6 Å². The highest BCUT2D eigenvalue weighted by Crippen LogP contribution is 2.24. The minimum Gasteiger partial charge on any atom is -0.462 e. The first kappa shape index (κ1) is 16.5. The number of benzene rings is 1. The number of carbonyl (C=O) groups excluding carboxylic acids is 2. The molecule has 0 radical (unpaired) electrons. The smallest absolute Gasteiger partial charge is 0.339 e. The first-order chi connectivity index (χ1) is 10.6. The molecular formula is C18H24O4. The lowest BCUT2D eigenvalue weighted by molar-refractivity contribution is 0.00849. The van der Waals surface area contributed by atoms with Crippen LogP contribution in [0.25, 0.3) is 0 Å². The summed E-state index contributed by atoms with van der Waals surface area (Å²) in [7, 11) is 0.